The van der Waals surface area contributed by atoms with Gasteiger partial charge >= 0.3 is 13.8 Å². The van der Waals surface area contributed by atoms with E-state index in [2.05, 4.69) is 50.3 Å². The Morgan fingerprint density at radius 2 is 1.30 bits per heavy atom. The van der Waals surface area contributed by atoms with Crippen LogP contribution in [0.1, 0.15) is 129 Å². The molecule has 3 N–H and O–H groups in total. The van der Waals surface area contributed by atoms with Crippen LogP contribution in [0.15, 0.2) is 36.5 Å². The average Bonchev–Trinajstić information content (AvgIpc) is 3.01. The molecule has 0 bridgehead atoms. The van der Waals surface area contributed by atoms with Crippen molar-refractivity contribution in [2.24, 2.45) is 0 Å². The molecule has 3 unspecified atom stereocenters. The fourth-order valence-electron chi connectivity index (χ4n) is 4.25. The number of aliphatic hydroxyl groups is 2. The Morgan fingerprint density at radius 1 is 0.727 bits per heavy atom. The molecule has 3 atom stereocenters. The highest BCUT2D eigenvalue weighted by molar-refractivity contribution is 7.47. The van der Waals surface area contributed by atoms with Crippen LogP contribution in [-0.2, 0) is 27.9 Å². The lowest BCUT2D eigenvalue weighted by Crippen LogP contribution is -2.29. The maximum absolute atomic E-state index is 12.4. The van der Waals surface area contributed by atoms with Gasteiger partial charge in [-0.3, -0.25) is 13.8 Å². The molecule has 0 saturated heterocycles. The fourth-order valence-corrected chi connectivity index (χ4v) is 5.04. The first-order valence-corrected chi connectivity index (χ1v) is 18.5. The maximum atomic E-state index is 12.4. The van der Waals surface area contributed by atoms with Crippen LogP contribution in [0, 0.1) is 0 Å². The Balaban J connectivity index is 4.31. The lowest BCUT2D eigenvalue weighted by molar-refractivity contribution is -0.154. The molecule has 0 aliphatic rings. The highest BCUT2D eigenvalue weighted by Crippen LogP contribution is 2.43. The fraction of sp³-hybridized carbons (Fsp3) is 0.794. The number of aliphatic hydroxyl groups excluding tert-OH is 2. The Hall–Kier alpha value is -1.32. The Morgan fingerprint density at radius 3 is 1.95 bits per heavy atom. The maximum Gasteiger partial charge on any atom is 0.472 e. The molecule has 44 heavy (non-hydrogen) atoms. The van der Waals surface area contributed by atoms with E-state index in [0.717, 1.165) is 70.6 Å². The van der Waals surface area contributed by atoms with Gasteiger partial charge in [-0.05, 0) is 44.9 Å². The van der Waals surface area contributed by atoms with Crippen molar-refractivity contribution in [2.45, 2.75) is 142 Å². The summed E-state index contributed by atoms with van der Waals surface area (Å²) in [5.74, 6) is -0.397. The van der Waals surface area contributed by atoms with Crippen molar-refractivity contribution >= 4 is 13.8 Å². The van der Waals surface area contributed by atoms with E-state index in [9.17, 15) is 19.4 Å². The number of phosphoric acid groups is 1. The summed E-state index contributed by atoms with van der Waals surface area (Å²) < 4.78 is 33.0. The zero-order valence-corrected chi connectivity index (χ0v) is 28.5. The van der Waals surface area contributed by atoms with E-state index in [-0.39, 0.29) is 19.6 Å². The number of allylic oxidation sites excluding steroid dienone is 6. The van der Waals surface area contributed by atoms with Crippen LogP contribution in [0.3, 0.4) is 0 Å². The van der Waals surface area contributed by atoms with Gasteiger partial charge in [-0.15, -0.1) is 0 Å². The second-order valence-corrected chi connectivity index (χ2v) is 12.6. The first kappa shape index (κ1) is 42.7. The van der Waals surface area contributed by atoms with Crippen molar-refractivity contribution in [3.63, 3.8) is 0 Å². The molecule has 0 rings (SSSR count). The number of hydrogen-bond acceptors (Lipinski definition) is 8. The van der Waals surface area contributed by atoms with Crippen LogP contribution in [-0.4, -0.2) is 66.3 Å². The van der Waals surface area contributed by atoms with E-state index in [1.54, 1.807) is 0 Å². The number of hydrogen-bond donors (Lipinski definition) is 3. The van der Waals surface area contributed by atoms with E-state index >= 15 is 0 Å². The third-order valence-corrected chi connectivity index (χ3v) is 7.79. The summed E-state index contributed by atoms with van der Waals surface area (Å²) in [6.07, 6.45) is 29.7. The monoisotopic (exact) mass is 646 g/mol. The minimum Gasteiger partial charge on any atom is -0.457 e. The molecule has 0 aromatic carbocycles. The molecule has 258 valence electrons. The summed E-state index contributed by atoms with van der Waals surface area (Å²) >= 11 is 0. The van der Waals surface area contributed by atoms with Crippen molar-refractivity contribution in [3.8, 4) is 0 Å². The first-order valence-electron chi connectivity index (χ1n) is 17.0. The molecular formula is C34H63O9P. The SMILES string of the molecule is CC/C=C\C/C=C\C/C=C\CCCCCCOCC(COP(=O)(O)OCC(O)CO)OC(=O)CCCCCCCCCCC. The molecule has 0 amide bonds. The molecular weight excluding hydrogens is 583 g/mol. The Bertz CT molecular complexity index is 785. The van der Waals surface area contributed by atoms with E-state index < -0.39 is 39.2 Å². The van der Waals surface area contributed by atoms with Gasteiger partial charge in [0.25, 0.3) is 0 Å². The lowest BCUT2D eigenvalue weighted by atomic mass is 10.1. The van der Waals surface area contributed by atoms with Crippen LogP contribution in [0.2, 0.25) is 0 Å². The normalized spacial score (nSPS) is 14.9. The van der Waals surface area contributed by atoms with Gasteiger partial charge in [0.15, 0.2) is 0 Å². The van der Waals surface area contributed by atoms with E-state index in [0.29, 0.717) is 6.61 Å². The lowest BCUT2D eigenvalue weighted by Gasteiger charge is -2.20. The Kier molecular flexibility index (Phi) is 30.7. The molecule has 0 aliphatic carbocycles. The number of phosphoric ester groups is 1. The predicted molar refractivity (Wildman–Crippen MR) is 177 cm³/mol. The minimum atomic E-state index is -4.51. The molecule has 0 saturated carbocycles. The van der Waals surface area contributed by atoms with Gasteiger partial charge in [0, 0.05) is 13.0 Å². The highest BCUT2D eigenvalue weighted by atomic mass is 31.2. The molecule has 0 aliphatic heterocycles. The van der Waals surface area contributed by atoms with Crippen LogP contribution < -0.4 is 0 Å². The summed E-state index contributed by atoms with van der Waals surface area (Å²) in [4.78, 5) is 22.3. The van der Waals surface area contributed by atoms with Gasteiger partial charge in [-0.2, -0.15) is 0 Å². The van der Waals surface area contributed by atoms with Crippen LogP contribution >= 0.6 is 7.82 Å². The minimum absolute atomic E-state index is 0.0350. The van der Waals surface area contributed by atoms with Crippen molar-refractivity contribution in [3.05, 3.63) is 36.5 Å². The van der Waals surface area contributed by atoms with Crippen molar-refractivity contribution in [1.29, 1.82) is 0 Å². The molecule has 0 aromatic rings. The molecule has 0 radical (unpaired) electrons. The molecule has 0 fully saturated rings. The summed E-state index contributed by atoms with van der Waals surface area (Å²) in [6, 6.07) is 0. The molecule has 10 heteroatoms. The smallest absolute Gasteiger partial charge is 0.457 e. The van der Waals surface area contributed by atoms with Crippen molar-refractivity contribution in [2.75, 3.05) is 33.0 Å². The number of ether oxygens (including phenoxy) is 2. The quantitative estimate of drug-likeness (QED) is 0.0287. The second-order valence-electron chi connectivity index (χ2n) is 11.2. The van der Waals surface area contributed by atoms with Crippen LogP contribution in [0.4, 0.5) is 0 Å². The summed E-state index contributed by atoms with van der Waals surface area (Å²) in [6.45, 7) is 3.30. The number of esters is 1. The van der Waals surface area contributed by atoms with Crippen molar-refractivity contribution < 1.29 is 43.0 Å². The zero-order chi connectivity index (χ0) is 32.6. The Labute approximate surface area is 267 Å². The van der Waals surface area contributed by atoms with Crippen LogP contribution in [0.25, 0.3) is 0 Å². The van der Waals surface area contributed by atoms with Gasteiger partial charge in [-0.1, -0.05) is 115 Å². The zero-order valence-electron chi connectivity index (χ0n) is 27.6. The number of carbonyl (C=O) groups is 1. The van der Waals surface area contributed by atoms with E-state index in [4.69, 9.17) is 23.6 Å². The highest BCUT2D eigenvalue weighted by Gasteiger charge is 2.26. The first-order chi connectivity index (χ1) is 21.3. The van der Waals surface area contributed by atoms with Gasteiger partial charge in [0.2, 0.25) is 0 Å². The number of carbonyl (C=O) groups excluding carboxylic acids is 1. The predicted octanol–water partition coefficient (Wildman–Crippen LogP) is 8.13. The standard InChI is InChI=1S/C34H63O9P/c1-3-5-7-9-11-13-14-15-16-17-19-21-23-25-27-40-30-33(31-42-44(38,39)41-29-32(36)28-35)43-34(37)26-24-22-20-18-12-10-8-6-4-2/h5,7,11,13,15-16,32-33,35-36H,3-4,6,8-10,12,14,17-31H2,1-2H3,(H,38,39)/b7-5-,13-11-,16-15-. The van der Waals surface area contributed by atoms with Crippen LogP contribution in [0.5, 0.6) is 0 Å². The summed E-state index contributed by atoms with van der Waals surface area (Å²) in [7, 11) is -4.51. The summed E-state index contributed by atoms with van der Waals surface area (Å²) in [5, 5.41) is 18.2. The van der Waals surface area contributed by atoms with Gasteiger partial charge in [-0.25, -0.2) is 4.57 Å². The summed E-state index contributed by atoms with van der Waals surface area (Å²) in [5.41, 5.74) is 0. The number of unbranched alkanes of at least 4 members (excludes halogenated alkanes) is 12. The van der Waals surface area contributed by atoms with Gasteiger partial charge < -0.3 is 24.6 Å². The van der Waals surface area contributed by atoms with Gasteiger partial charge in [0.05, 0.1) is 26.4 Å². The van der Waals surface area contributed by atoms with E-state index in [1.807, 2.05) is 0 Å². The molecule has 0 heterocycles. The second kappa shape index (κ2) is 31.7. The number of rotatable bonds is 32. The van der Waals surface area contributed by atoms with E-state index in [1.165, 1.54) is 38.5 Å². The topological polar surface area (TPSA) is 132 Å². The largest absolute Gasteiger partial charge is 0.472 e. The third kappa shape index (κ3) is 30.7. The molecule has 9 nitrogen and oxygen atoms in total. The third-order valence-electron chi connectivity index (χ3n) is 6.84. The van der Waals surface area contributed by atoms with Crippen molar-refractivity contribution in [1.82, 2.24) is 0 Å². The molecule has 0 aromatic heterocycles. The van der Waals surface area contributed by atoms with Gasteiger partial charge in [0.1, 0.15) is 12.2 Å². The molecule has 0 spiro atoms. The average molecular weight is 647 g/mol.